The summed E-state index contributed by atoms with van der Waals surface area (Å²) in [6, 6.07) is 15.4. The molecule has 3 aromatic rings. The normalized spacial score (nSPS) is 12.3. The summed E-state index contributed by atoms with van der Waals surface area (Å²) in [5.74, 6) is 1.28. The van der Waals surface area contributed by atoms with E-state index in [1.54, 1.807) is 18.5 Å². The Morgan fingerprint density at radius 2 is 1.82 bits per heavy atom. The number of ether oxygens (including phenoxy) is 2. The maximum Gasteiger partial charge on any atom is 0.253 e. The Morgan fingerprint density at radius 1 is 1.00 bits per heavy atom. The van der Waals surface area contributed by atoms with Crippen molar-refractivity contribution in [3.63, 3.8) is 0 Å². The van der Waals surface area contributed by atoms with Crippen molar-refractivity contribution in [3.8, 4) is 11.5 Å². The van der Waals surface area contributed by atoms with E-state index in [-0.39, 0.29) is 5.91 Å². The molecule has 0 saturated heterocycles. The van der Waals surface area contributed by atoms with E-state index in [4.69, 9.17) is 9.47 Å². The van der Waals surface area contributed by atoms with E-state index < -0.39 is 0 Å². The molecule has 2 N–H and O–H groups in total. The van der Waals surface area contributed by atoms with Gasteiger partial charge in [-0.05, 0) is 36.2 Å². The van der Waals surface area contributed by atoms with E-state index in [0.29, 0.717) is 31.1 Å². The van der Waals surface area contributed by atoms with Crippen molar-refractivity contribution in [2.24, 2.45) is 0 Å². The number of rotatable bonds is 5. The van der Waals surface area contributed by atoms with Crippen molar-refractivity contribution in [1.82, 2.24) is 10.3 Å². The number of pyridine rings is 1. The zero-order valence-electron chi connectivity index (χ0n) is 15.6. The monoisotopic (exact) mass is 375 g/mol. The van der Waals surface area contributed by atoms with Crippen LogP contribution in [0.15, 0.2) is 60.9 Å². The number of carbonyl (C=O) groups excluding carboxylic acids is 1. The summed E-state index contributed by atoms with van der Waals surface area (Å²) in [5, 5.41) is 6.20. The molecule has 0 unspecified atom stereocenters. The summed E-state index contributed by atoms with van der Waals surface area (Å²) in [7, 11) is 0. The van der Waals surface area contributed by atoms with E-state index in [0.717, 1.165) is 28.3 Å². The SMILES string of the molecule is Cc1ccccc1CNC(=O)c1cncc(Nc2ccc3c(c2)OCCO3)c1. The molecule has 2 heterocycles. The number of carbonyl (C=O) groups is 1. The standard InChI is InChI=1S/C22H21N3O3/c1-15-4-2-3-5-16(15)13-24-22(26)17-10-19(14-23-12-17)25-18-6-7-20-21(11-18)28-9-8-27-20/h2-7,10-12,14,25H,8-9,13H2,1H3,(H,24,26). The first-order valence-electron chi connectivity index (χ1n) is 9.13. The highest BCUT2D eigenvalue weighted by atomic mass is 16.6. The highest BCUT2D eigenvalue weighted by Crippen LogP contribution is 2.33. The molecule has 0 aliphatic carbocycles. The fraction of sp³-hybridized carbons (Fsp3) is 0.182. The van der Waals surface area contributed by atoms with Crippen LogP contribution in [0, 0.1) is 6.92 Å². The molecule has 0 atom stereocenters. The number of aryl methyl sites for hydroxylation is 1. The highest BCUT2D eigenvalue weighted by Gasteiger charge is 2.12. The Hall–Kier alpha value is -3.54. The average Bonchev–Trinajstić information content (AvgIpc) is 2.73. The van der Waals surface area contributed by atoms with Crippen LogP contribution in [0.4, 0.5) is 11.4 Å². The third-order valence-electron chi connectivity index (χ3n) is 4.53. The van der Waals surface area contributed by atoms with Gasteiger partial charge >= 0.3 is 0 Å². The minimum absolute atomic E-state index is 0.165. The first kappa shape index (κ1) is 17.9. The number of hydrogen-bond donors (Lipinski definition) is 2. The van der Waals surface area contributed by atoms with Crippen LogP contribution in [-0.4, -0.2) is 24.1 Å². The molecular formula is C22H21N3O3. The van der Waals surface area contributed by atoms with Gasteiger partial charge in [-0.25, -0.2) is 0 Å². The second kappa shape index (κ2) is 8.00. The van der Waals surface area contributed by atoms with Crippen molar-refractivity contribution in [1.29, 1.82) is 0 Å². The lowest BCUT2D eigenvalue weighted by atomic mass is 10.1. The van der Waals surface area contributed by atoms with Crippen LogP contribution in [0.1, 0.15) is 21.5 Å². The van der Waals surface area contributed by atoms with E-state index >= 15 is 0 Å². The van der Waals surface area contributed by atoms with Crippen LogP contribution >= 0.6 is 0 Å². The van der Waals surface area contributed by atoms with Crippen molar-refractivity contribution in [2.75, 3.05) is 18.5 Å². The Morgan fingerprint density at radius 3 is 2.68 bits per heavy atom. The Labute approximate surface area is 163 Å². The van der Waals surface area contributed by atoms with Gasteiger partial charge in [0.25, 0.3) is 5.91 Å². The number of aromatic nitrogens is 1. The number of fused-ring (bicyclic) bond motifs is 1. The van der Waals surface area contributed by atoms with Gasteiger partial charge in [0.05, 0.1) is 17.4 Å². The Bertz CT molecular complexity index is 1000. The lowest BCUT2D eigenvalue weighted by molar-refractivity contribution is 0.0950. The molecule has 1 amide bonds. The maximum absolute atomic E-state index is 12.5. The topological polar surface area (TPSA) is 72.5 Å². The van der Waals surface area contributed by atoms with Crippen LogP contribution in [0.25, 0.3) is 0 Å². The summed E-state index contributed by atoms with van der Waals surface area (Å²) in [6.45, 7) is 3.60. The molecular weight excluding hydrogens is 354 g/mol. The van der Waals surface area contributed by atoms with Crippen molar-refractivity contribution in [2.45, 2.75) is 13.5 Å². The van der Waals surface area contributed by atoms with Gasteiger partial charge in [0.1, 0.15) is 13.2 Å². The number of anilines is 2. The van der Waals surface area contributed by atoms with Crippen LogP contribution < -0.4 is 20.1 Å². The van der Waals surface area contributed by atoms with Gasteiger partial charge in [-0.1, -0.05) is 24.3 Å². The molecule has 6 heteroatoms. The van der Waals surface area contributed by atoms with Crippen molar-refractivity contribution in [3.05, 3.63) is 77.6 Å². The molecule has 1 aromatic heterocycles. The lowest BCUT2D eigenvalue weighted by Crippen LogP contribution is -2.23. The molecule has 2 aromatic carbocycles. The quantitative estimate of drug-likeness (QED) is 0.709. The van der Waals surface area contributed by atoms with Crippen LogP contribution in [0.2, 0.25) is 0 Å². The number of benzene rings is 2. The molecule has 1 aliphatic rings. The molecule has 0 radical (unpaired) electrons. The zero-order chi connectivity index (χ0) is 19.3. The maximum atomic E-state index is 12.5. The number of nitrogens with zero attached hydrogens (tertiary/aromatic N) is 1. The van der Waals surface area contributed by atoms with Crippen molar-refractivity contribution < 1.29 is 14.3 Å². The molecule has 0 spiro atoms. The van der Waals surface area contributed by atoms with Crippen LogP contribution in [0.3, 0.4) is 0 Å². The van der Waals surface area contributed by atoms with E-state index in [2.05, 4.69) is 15.6 Å². The van der Waals surface area contributed by atoms with Gasteiger partial charge in [0, 0.05) is 24.5 Å². The highest BCUT2D eigenvalue weighted by molar-refractivity contribution is 5.94. The molecule has 28 heavy (non-hydrogen) atoms. The number of hydrogen-bond acceptors (Lipinski definition) is 5. The predicted molar refractivity (Wildman–Crippen MR) is 107 cm³/mol. The predicted octanol–water partition coefficient (Wildman–Crippen LogP) is 3.83. The van der Waals surface area contributed by atoms with E-state index in [9.17, 15) is 4.79 Å². The van der Waals surface area contributed by atoms with Gasteiger partial charge < -0.3 is 20.1 Å². The third kappa shape index (κ3) is 4.06. The number of nitrogens with one attached hydrogen (secondary N) is 2. The molecule has 1 aliphatic heterocycles. The summed E-state index contributed by atoms with van der Waals surface area (Å²) < 4.78 is 11.1. The largest absolute Gasteiger partial charge is 0.486 e. The molecule has 142 valence electrons. The van der Waals surface area contributed by atoms with Gasteiger partial charge in [-0.3, -0.25) is 9.78 Å². The Balaban J connectivity index is 1.44. The Kier molecular flexibility index (Phi) is 5.10. The van der Waals surface area contributed by atoms with Gasteiger partial charge in [0.15, 0.2) is 11.5 Å². The van der Waals surface area contributed by atoms with Gasteiger partial charge in [0.2, 0.25) is 0 Å². The summed E-state index contributed by atoms with van der Waals surface area (Å²) >= 11 is 0. The van der Waals surface area contributed by atoms with Gasteiger partial charge in [-0.2, -0.15) is 0 Å². The summed E-state index contributed by atoms with van der Waals surface area (Å²) in [5.41, 5.74) is 4.30. The third-order valence-corrected chi connectivity index (χ3v) is 4.53. The van der Waals surface area contributed by atoms with Gasteiger partial charge in [-0.15, -0.1) is 0 Å². The fourth-order valence-corrected chi connectivity index (χ4v) is 3.01. The minimum Gasteiger partial charge on any atom is -0.486 e. The molecule has 0 fully saturated rings. The summed E-state index contributed by atoms with van der Waals surface area (Å²) in [6.07, 6.45) is 3.23. The number of amides is 1. The summed E-state index contributed by atoms with van der Waals surface area (Å²) in [4.78, 5) is 16.7. The smallest absolute Gasteiger partial charge is 0.253 e. The lowest BCUT2D eigenvalue weighted by Gasteiger charge is -2.19. The molecule has 4 rings (SSSR count). The van der Waals surface area contributed by atoms with E-state index in [1.165, 1.54) is 0 Å². The minimum atomic E-state index is -0.165. The van der Waals surface area contributed by atoms with E-state index in [1.807, 2.05) is 49.4 Å². The molecule has 6 nitrogen and oxygen atoms in total. The second-order valence-corrected chi connectivity index (χ2v) is 6.55. The van der Waals surface area contributed by atoms with Crippen LogP contribution in [0.5, 0.6) is 11.5 Å². The van der Waals surface area contributed by atoms with Crippen LogP contribution in [-0.2, 0) is 6.54 Å². The first-order valence-corrected chi connectivity index (χ1v) is 9.13. The first-order chi connectivity index (χ1) is 13.7. The molecule has 0 saturated carbocycles. The zero-order valence-corrected chi connectivity index (χ0v) is 15.6. The fourth-order valence-electron chi connectivity index (χ4n) is 3.01. The van der Waals surface area contributed by atoms with Crippen molar-refractivity contribution >= 4 is 17.3 Å². The molecule has 0 bridgehead atoms. The average molecular weight is 375 g/mol. The second-order valence-electron chi connectivity index (χ2n) is 6.55.